The molecule has 1 N–H and O–H groups in total. The predicted molar refractivity (Wildman–Crippen MR) is 75.2 cm³/mol. The zero-order chi connectivity index (χ0) is 14.5. The Kier molecular flexibility index (Phi) is 4.40. The first kappa shape index (κ1) is 14.1. The van der Waals surface area contributed by atoms with Crippen molar-refractivity contribution in [3.05, 3.63) is 47.3 Å². The number of hydrogen-bond donors (Lipinski definition) is 1. The number of carbonyl (C=O) groups is 1. The van der Waals surface area contributed by atoms with Gasteiger partial charge in [-0.05, 0) is 26.0 Å². The second-order valence-electron chi connectivity index (χ2n) is 4.59. The van der Waals surface area contributed by atoms with E-state index in [9.17, 15) is 4.79 Å². The van der Waals surface area contributed by atoms with Crippen molar-refractivity contribution in [3.8, 4) is 5.75 Å². The van der Waals surface area contributed by atoms with Crippen LogP contribution < -0.4 is 4.74 Å². The molecule has 0 unspecified atom stereocenters. The lowest BCUT2D eigenvalue weighted by atomic mass is 10.2. The van der Waals surface area contributed by atoms with Crippen LogP contribution in [0.15, 0.2) is 30.3 Å². The van der Waals surface area contributed by atoms with E-state index in [2.05, 4.69) is 5.10 Å². The van der Waals surface area contributed by atoms with Crippen LogP contribution in [0.1, 0.15) is 28.2 Å². The fourth-order valence-corrected chi connectivity index (χ4v) is 2.15. The average molecular weight is 274 g/mol. The van der Waals surface area contributed by atoms with Crippen molar-refractivity contribution < 1.29 is 14.6 Å². The van der Waals surface area contributed by atoms with Crippen molar-refractivity contribution in [2.45, 2.75) is 26.8 Å². The molecule has 1 aromatic carbocycles. The molecule has 0 aliphatic heterocycles. The van der Waals surface area contributed by atoms with Gasteiger partial charge < -0.3 is 9.84 Å². The molecular weight excluding hydrogens is 256 g/mol. The van der Waals surface area contributed by atoms with Gasteiger partial charge in [0.1, 0.15) is 11.3 Å². The van der Waals surface area contributed by atoms with Crippen LogP contribution in [-0.2, 0) is 6.54 Å². The van der Waals surface area contributed by atoms with Gasteiger partial charge in [0.15, 0.2) is 0 Å². The fraction of sp³-hybridized carbons (Fsp3) is 0.333. The van der Waals surface area contributed by atoms with E-state index in [-0.39, 0.29) is 0 Å². The van der Waals surface area contributed by atoms with E-state index in [1.54, 1.807) is 18.5 Å². The molecule has 0 atom stereocenters. The molecule has 0 bridgehead atoms. The standard InChI is InChI=1S/C15H18N2O3/c1-11-14(15(18)19)12(2)17(16-11)9-6-10-20-13-7-4-3-5-8-13/h3-5,7-8H,6,9-10H2,1-2H3,(H,18,19). The molecule has 106 valence electrons. The topological polar surface area (TPSA) is 64.4 Å². The molecule has 0 radical (unpaired) electrons. The van der Waals surface area contributed by atoms with Crippen LogP contribution in [0.4, 0.5) is 0 Å². The lowest BCUT2D eigenvalue weighted by Gasteiger charge is -2.07. The van der Waals surface area contributed by atoms with Gasteiger partial charge in [0.2, 0.25) is 0 Å². The van der Waals surface area contributed by atoms with Crippen LogP contribution in [0.5, 0.6) is 5.75 Å². The van der Waals surface area contributed by atoms with Gasteiger partial charge in [-0.15, -0.1) is 0 Å². The molecule has 0 saturated carbocycles. The van der Waals surface area contributed by atoms with Crippen LogP contribution >= 0.6 is 0 Å². The van der Waals surface area contributed by atoms with Crippen LogP contribution in [0.3, 0.4) is 0 Å². The van der Waals surface area contributed by atoms with Crippen LogP contribution in [0, 0.1) is 13.8 Å². The molecule has 0 spiro atoms. The normalized spacial score (nSPS) is 10.5. The van der Waals surface area contributed by atoms with E-state index < -0.39 is 5.97 Å². The Hall–Kier alpha value is -2.30. The number of ether oxygens (including phenoxy) is 1. The minimum Gasteiger partial charge on any atom is -0.494 e. The second kappa shape index (κ2) is 6.23. The lowest BCUT2D eigenvalue weighted by Crippen LogP contribution is -2.08. The van der Waals surface area contributed by atoms with Crippen molar-refractivity contribution in [3.63, 3.8) is 0 Å². The third-order valence-corrected chi connectivity index (χ3v) is 3.12. The summed E-state index contributed by atoms with van der Waals surface area (Å²) in [6.07, 6.45) is 0.774. The molecule has 0 saturated heterocycles. The van der Waals surface area contributed by atoms with E-state index in [1.807, 2.05) is 30.3 Å². The summed E-state index contributed by atoms with van der Waals surface area (Å²) in [7, 11) is 0. The lowest BCUT2D eigenvalue weighted by molar-refractivity contribution is 0.0695. The number of nitrogens with zero attached hydrogens (tertiary/aromatic N) is 2. The quantitative estimate of drug-likeness (QED) is 0.822. The summed E-state index contributed by atoms with van der Waals surface area (Å²) in [4.78, 5) is 11.1. The van der Waals surface area contributed by atoms with Gasteiger partial charge in [-0.1, -0.05) is 18.2 Å². The molecule has 0 aliphatic carbocycles. The Bertz CT molecular complexity index is 591. The first-order valence-corrected chi connectivity index (χ1v) is 6.54. The number of para-hydroxylation sites is 1. The molecular formula is C15H18N2O3. The molecule has 1 aromatic heterocycles. The van der Waals surface area contributed by atoms with Gasteiger partial charge in [0.25, 0.3) is 0 Å². The largest absolute Gasteiger partial charge is 0.494 e. The number of benzene rings is 1. The highest BCUT2D eigenvalue weighted by atomic mass is 16.5. The first-order valence-electron chi connectivity index (χ1n) is 6.54. The Morgan fingerprint density at radius 1 is 1.30 bits per heavy atom. The molecule has 5 heteroatoms. The number of carboxylic acid groups (broad SMARTS) is 1. The smallest absolute Gasteiger partial charge is 0.339 e. The maximum absolute atomic E-state index is 11.1. The van der Waals surface area contributed by atoms with Crippen molar-refractivity contribution in [2.75, 3.05) is 6.61 Å². The van der Waals surface area contributed by atoms with E-state index in [1.165, 1.54) is 0 Å². The Morgan fingerprint density at radius 3 is 2.60 bits per heavy atom. The third-order valence-electron chi connectivity index (χ3n) is 3.12. The van der Waals surface area contributed by atoms with Crippen molar-refractivity contribution >= 4 is 5.97 Å². The van der Waals surface area contributed by atoms with Crippen LogP contribution in [0.25, 0.3) is 0 Å². The highest BCUT2D eigenvalue weighted by molar-refractivity contribution is 5.90. The second-order valence-corrected chi connectivity index (χ2v) is 4.59. The van der Waals surface area contributed by atoms with Crippen molar-refractivity contribution in [1.82, 2.24) is 9.78 Å². The SMILES string of the molecule is Cc1nn(CCCOc2ccccc2)c(C)c1C(=O)O. The van der Waals surface area contributed by atoms with Crippen molar-refractivity contribution in [1.29, 1.82) is 0 Å². The maximum Gasteiger partial charge on any atom is 0.339 e. The van der Waals surface area contributed by atoms with Gasteiger partial charge in [0.05, 0.1) is 18.0 Å². The van der Waals surface area contributed by atoms with Gasteiger partial charge in [-0.2, -0.15) is 5.10 Å². The summed E-state index contributed by atoms with van der Waals surface area (Å²) >= 11 is 0. The summed E-state index contributed by atoms with van der Waals surface area (Å²) in [6, 6.07) is 9.61. The molecule has 0 fully saturated rings. The zero-order valence-corrected chi connectivity index (χ0v) is 11.7. The van der Waals surface area contributed by atoms with E-state index in [0.29, 0.717) is 30.1 Å². The van der Waals surface area contributed by atoms with Gasteiger partial charge in [-0.3, -0.25) is 4.68 Å². The minimum absolute atomic E-state index is 0.300. The Morgan fingerprint density at radius 2 is 2.00 bits per heavy atom. The van der Waals surface area contributed by atoms with Gasteiger partial charge >= 0.3 is 5.97 Å². The molecule has 2 rings (SSSR count). The fourth-order valence-electron chi connectivity index (χ4n) is 2.15. The van der Waals surface area contributed by atoms with E-state index >= 15 is 0 Å². The number of rotatable bonds is 6. The molecule has 0 amide bonds. The number of aromatic nitrogens is 2. The number of hydrogen-bond acceptors (Lipinski definition) is 3. The number of carboxylic acids is 1. The highest BCUT2D eigenvalue weighted by Gasteiger charge is 2.17. The Balaban J connectivity index is 1.89. The molecule has 0 aliphatic rings. The Labute approximate surface area is 117 Å². The molecule has 2 aromatic rings. The minimum atomic E-state index is -0.924. The third kappa shape index (κ3) is 3.17. The number of aromatic carboxylic acids is 1. The maximum atomic E-state index is 11.1. The summed E-state index contributed by atoms with van der Waals surface area (Å²) in [5, 5.41) is 13.4. The number of aryl methyl sites for hydroxylation is 2. The van der Waals surface area contributed by atoms with Crippen LogP contribution in [-0.4, -0.2) is 27.5 Å². The molecule has 1 heterocycles. The molecule has 20 heavy (non-hydrogen) atoms. The summed E-state index contributed by atoms with van der Waals surface area (Å²) < 4.78 is 7.32. The first-order chi connectivity index (χ1) is 9.59. The van der Waals surface area contributed by atoms with E-state index in [0.717, 1.165) is 12.2 Å². The van der Waals surface area contributed by atoms with Crippen molar-refractivity contribution in [2.24, 2.45) is 0 Å². The van der Waals surface area contributed by atoms with Crippen LogP contribution in [0.2, 0.25) is 0 Å². The highest BCUT2D eigenvalue weighted by Crippen LogP contribution is 2.13. The monoisotopic (exact) mass is 274 g/mol. The summed E-state index contributed by atoms with van der Waals surface area (Å²) in [5.74, 6) is -0.0844. The van der Waals surface area contributed by atoms with Gasteiger partial charge in [0, 0.05) is 13.0 Å². The average Bonchev–Trinajstić information content (AvgIpc) is 2.71. The van der Waals surface area contributed by atoms with Gasteiger partial charge in [-0.25, -0.2) is 4.79 Å². The molecule has 5 nitrogen and oxygen atoms in total. The predicted octanol–water partition coefficient (Wildman–Crippen LogP) is 2.67. The summed E-state index contributed by atoms with van der Waals surface area (Å²) in [6.45, 7) is 4.71. The summed E-state index contributed by atoms with van der Waals surface area (Å²) in [5.41, 5.74) is 1.54. The zero-order valence-electron chi connectivity index (χ0n) is 11.7. The van der Waals surface area contributed by atoms with E-state index in [4.69, 9.17) is 9.84 Å².